The van der Waals surface area contributed by atoms with Gasteiger partial charge in [0.05, 0.1) is 6.10 Å². The number of aromatic carboxylic acids is 1. The summed E-state index contributed by atoms with van der Waals surface area (Å²) in [5, 5.41) is 18.5. The van der Waals surface area contributed by atoms with Crippen LogP contribution in [-0.4, -0.2) is 50.8 Å². The lowest BCUT2D eigenvalue weighted by Gasteiger charge is -2.18. The number of carboxylic acids is 1. The van der Waals surface area contributed by atoms with Crippen molar-refractivity contribution in [1.82, 2.24) is 9.47 Å². The molecular weight excluding hydrogens is 248 g/mol. The first-order valence-corrected chi connectivity index (χ1v) is 6.33. The zero-order valence-corrected chi connectivity index (χ0v) is 10.8. The molecule has 1 aliphatic rings. The largest absolute Gasteiger partial charge is 0.477 e. The SMILES string of the molecule is CC(O)C1CCN(C(=O)Cn2cccc2C(=O)O)C1. The maximum atomic E-state index is 12.1. The van der Waals surface area contributed by atoms with Gasteiger partial charge in [-0.15, -0.1) is 0 Å². The molecule has 1 saturated heterocycles. The normalized spacial score (nSPS) is 20.5. The average Bonchev–Trinajstić information content (AvgIpc) is 2.96. The highest BCUT2D eigenvalue weighted by atomic mass is 16.4. The molecule has 6 nitrogen and oxygen atoms in total. The molecule has 0 spiro atoms. The van der Waals surface area contributed by atoms with Gasteiger partial charge in [-0.05, 0) is 25.5 Å². The molecule has 0 saturated carbocycles. The third-order valence-corrected chi connectivity index (χ3v) is 3.61. The number of likely N-dealkylation sites (tertiary alicyclic amines) is 1. The summed E-state index contributed by atoms with van der Waals surface area (Å²) in [7, 11) is 0. The van der Waals surface area contributed by atoms with Gasteiger partial charge in [-0.1, -0.05) is 0 Å². The summed E-state index contributed by atoms with van der Waals surface area (Å²) in [5.74, 6) is -1.03. The highest BCUT2D eigenvalue weighted by Gasteiger charge is 2.29. The van der Waals surface area contributed by atoms with Crippen molar-refractivity contribution in [2.45, 2.75) is 26.0 Å². The third kappa shape index (κ3) is 2.96. The summed E-state index contributed by atoms with van der Waals surface area (Å²) >= 11 is 0. The molecular formula is C13H18N2O4. The van der Waals surface area contributed by atoms with Crippen LogP contribution in [0.5, 0.6) is 0 Å². The number of carbonyl (C=O) groups excluding carboxylic acids is 1. The van der Waals surface area contributed by atoms with Crippen molar-refractivity contribution in [3.05, 3.63) is 24.0 Å². The molecule has 2 N–H and O–H groups in total. The molecule has 0 radical (unpaired) electrons. The smallest absolute Gasteiger partial charge is 0.352 e. The number of aliphatic hydroxyl groups is 1. The van der Waals surface area contributed by atoms with Crippen molar-refractivity contribution < 1.29 is 19.8 Å². The average molecular weight is 266 g/mol. The Kier molecular flexibility index (Phi) is 3.90. The van der Waals surface area contributed by atoms with E-state index in [1.165, 1.54) is 10.6 Å². The van der Waals surface area contributed by atoms with E-state index in [2.05, 4.69) is 0 Å². The minimum atomic E-state index is -1.04. The number of hydrogen-bond donors (Lipinski definition) is 2. The first-order chi connectivity index (χ1) is 8.99. The van der Waals surface area contributed by atoms with Crippen molar-refractivity contribution in [2.24, 2.45) is 5.92 Å². The van der Waals surface area contributed by atoms with E-state index in [1.54, 1.807) is 24.1 Å². The molecule has 0 bridgehead atoms. The Balaban J connectivity index is 1.98. The van der Waals surface area contributed by atoms with Crippen LogP contribution in [0.15, 0.2) is 18.3 Å². The summed E-state index contributed by atoms with van der Waals surface area (Å²) in [6.07, 6.45) is 1.96. The van der Waals surface area contributed by atoms with Gasteiger partial charge < -0.3 is 19.7 Å². The van der Waals surface area contributed by atoms with Crippen molar-refractivity contribution >= 4 is 11.9 Å². The molecule has 1 fully saturated rings. The number of aliphatic hydroxyl groups excluding tert-OH is 1. The molecule has 1 aromatic rings. The zero-order chi connectivity index (χ0) is 14.0. The lowest BCUT2D eigenvalue weighted by Crippen LogP contribution is -2.33. The van der Waals surface area contributed by atoms with E-state index in [0.717, 1.165) is 6.42 Å². The van der Waals surface area contributed by atoms with Crippen molar-refractivity contribution in [3.63, 3.8) is 0 Å². The fraction of sp³-hybridized carbons (Fsp3) is 0.538. The lowest BCUT2D eigenvalue weighted by atomic mass is 10.0. The van der Waals surface area contributed by atoms with E-state index in [0.29, 0.717) is 13.1 Å². The first kappa shape index (κ1) is 13.6. The molecule has 2 atom stereocenters. The number of rotatable bonds is 4. The molecule has 2 unspecified atom stereocenters. The Morgan fingerprint density at radius 1 is 1.53 bits per heavy atom. The van der Waals surface area contributed by atoms with Crippen LogP contribution in [0.3, 0.4) is 0 Å². The summed E-state index contributed by atoms with van der Waals surface area (Å²) in [5.41, 5.74) is 0.111. The molecule has 1 amide bonds. The Bertz CT molecular complexity index is 481. The predicted molar refractivity (Wildman–Crippen MR) is 67.8 cm³/mol. The van der Waals surface area contributed by atoms with Crippen LogP contribution < -0.4 is 0 Å². The minimum Gasteiger partial charge on any atom is -0.477 e. The Morgan fingerprint density at radius 2 is 2.26 bits per heavy atom. The predicted octanol–water partition coefficient (Wildman–Crippen LogP) is 0.416. The van der Waals surface area contributed by atoms with Crippen molar-refractivity contribution in [3.8, 4) is 0 Å². The van der Waals surface area contributed by atoms with E-state index in [1.807, 2.05) is 0 Å². The molecule has 1 aliphatic heterocycles. The standard InChI is InChI=1S/C13H18N2O4/c1-9(16)10-4-6-15(7-10)12(17)8-14-5-2-3-11(14)13(18)19/h2-3,5,9-10,16H,4,6-8H2,1H3,(H,18,19). The quantitative estimate of drug-likeness (QED) is 0.827. The third-order valence-electron chi connectivity index (χ3n) is 3.61. The van der Waals surface area contributed by atoms with Gasteiger partial charge in [0, 0.05) is 25.2 Å². The Labute approximate surface area is 111 Å². The number of hydrogen-bond acceptors (Lipinski definition) is 3. The van der Waals surface area contributed by atoms with Crippen LogP contribution in [0.1, 0.15) is 23.8 Å². The molecule has 2 rings (SSSR count). The molecule has 0 aliphatic carbocycles. The van der Waals surface area contributed by atoms with Crippen LogP contribution in [-0.2, 0) is 11.3 Å². The van der Waals surface area contributed by atoms with Crippen LogP contribution in [0.25, 0.3) is 0 Å². The molecule has 2 heterocycles. The second-order valence-electron chi connectivity index (χ2n) is 4.96. The maximum absolute atomic E-state index is 12.1. The van der Waals surface area contributed by atoms with Gasteiger partial charge in [-0.3, -0.25) is 4.79 Å². The number of nitrogens with zero attached hydrogens (tertiary/aromatic N) is 2. The van der Waals surface area contributed by atoms with Crippen LogP contribution in [0.2, 0.25) is 0 Å². The number of aromatic nitrogens is 1. The number of amides is 1. The van der Waals surface area contributed by atoms with Crippen LogP contribution >= 0.6 is 0 Å². The molecule has 19 heavy (non-hydrogen) atoms. The highest BCUT2D eigenvalue weighted by molar-refractivity contribution is 5.87. The van der Waals surface area contributed by atoms with Gasteiger partial charge in [-0.25, -0.2) is 4.79 Å². The van der Waals surface area contributed by atoms with Gasteiger partial charge >= 0.3 is 5.97 Å². The fourth-order valence-corrected chi connectivity index (χ4v) is 2.40. The summed E-state index contributed by atoms with van der Waals surface area (Å²) < 4.78 is 1.43. The highest BCUT2D eigenvalue weighted by Crippen LogP contribution is 2.20. The lowest BCUT2D eigenvalue weighted by molar-refractivity contribution is -0.131. The molecule has 0 aromatic carbocycles. The maximum Gasteiger partial charge on any atom is 0.352 e. The number of carbonyl (C=O) groups is 2. The van der Waals surface area contributed by atoms with Crippen molar-refractivity contribution in [1.29, 1.82) is 0 Å². The summed E-state index contributed by atoms with van der Waals surface area (Å²) in [4.78, 5) is 24.7. The zero-order valence-electron chi connectivity index (χ0n) is 10.8. The van der Waals surface area contributed by atoms with Gasteiger partial charge in [-0.2, -0.15) is 0 Å². The van der Waals surface area contributed by atoms with Gasteiger partial charge in [0.15, 0.2) is 0 Å². The first-order valence-electron chi connectivity index (χ1n) is 6.33. The molecule has 104 valence electrons. The topological polar surface area (TPSA) is 82.8 Å². The monoisotopic (exact) mass is 266 g/mol. The molecule has 1 aromatic heterocycles. The Hall–Kier alpha value is -1.82. The van der Waals surface area contributed by atoms with Gasteiger partial charge in [0.25, 0.3) is 0 Å². The summed E-state index contributed by atoms with van der Waals surface area (Å²) in [6.45, 7) is 2.92. The van der Waals surface area contributed by atoms with E-state index >= 15 is 0 Å². The second kappa shape index (κ2) is 5.44. The van der Waals surface area contributed by atoms with E-state index in [4.69, 9.17) is 5.11 Å². The van der Waals surface area contributed by atoms with Gasteiger partial charge in [0.1, 0.15) is 12.2 Å². The van der Waals surface area contributed by atoms with Gasteiger partial charge in [0.2, 0.25) is 5.91 Å². The minimum absolute atomic E-state index is 0.0289. The van der Waals surface area contributed by atoms with E-state index in [-0.39, 0.29) is 24.1 Å². The fourth-order valence-electron chi connectivity index (χ4n) is 2.40. The van der Waals surface area contributed by atoms with Crippen LogP contribution in [0, 0.1) is 5.92 Å². The molecule has 6 heteroatoms. The second-order valence-corrected chi connectivity index (χ2v) is 4.96. The van der Waals surface area contributed by atoms with Crippen LogP contribution in [0.4, 0.5) is 0 Å². The van der Waals surface area contributed by atoms with Crippen molar-refractivity contribution in [2.75, 3.05) is 13.1 Å². The van der Waals surface area contributed by atoms with E-state index < -0.39 is 12.1 Å². The number of carboxylic acid groups (broad SMARTS) is 1. The Morgan fingerprint density at radius 3 is 2.84 bits per heavy atom. The van der Waals surface area contributed by atoms with E-state index in [9.17, 15) is 14.7 Å². The summed E-state index contributed by atoms with van der Waals surface area (Å²) in [6, 6.07) is 3.08.